The standard InChI is InChI=1S/C29H45F6N5O7Si2/c1-15(2)48(16(3)4)44-10-20-23(46-49(47-48,17(5)6)18(7)8)24(43-14-42-11-21(28(30,31)32)29(33,34)35)27(45-20)40-13-38-22-25(39-19(9)41)36-12-37-26(22)40/h12-13,15-18,20-21,23-24,27H,10-11,14H2,1-9H3,(H,36,37,39,41)/t20-,23?,24?,27-/m1/s1. The van der Waals surface area contributed by atoms with E-state index in [1.165, 1.54) is 24.1 Å². The van der Waals surface area contributed by atoms with Crippen LogP contribution >= 0.6 is 0 Å². The summed E-state index contributed by atoms with van der Waals surface area (Å²) in [5, 5.41) is 2.58. The van der Waals surface area contributed by atoms with Gasteiger partial charge in [0.05, 0.1) is 19.5 Å². The number of imidazole rings is 1. The van der Waals surface area contributed by atoms with Gasteiger partial charge in [-0.25, -0.2) is 15.0 Å². The number of carbonyl (C=O) groups excluding carboxylic acids is 1. The summed E-state index contributed by atoms with van der Waals surface area (Å²) in [6.07, 6.45) is -12.6. The Balaban J connectivity index is 1.78. The molecule has 2 fully saturated rings. The first-order valence-corrected chi connectivity index (χ1v) is 20.0. The molecule has 0 aromatic carbocycles. The Bertz CT molecular complexity index is 1410. The fourth-order valence-electron chi connectivity index (χ4n) is 6.49. The monoisotopic (exact) mass is 745 g/mol. The summed E-state index contributed by atoms with van der Waals surface area (Å²) in [4.78, 5) is 24.6. The van der Waals surface area contributed by atoms with Crippen molar-refractivity contribution < 1.29 is 58.3 Å². The van der Waals surface area contributed by atoms with Gasteiger partial charge in [-0.15, -0.1) is 0 Å². The molecule has 2 aliphatic heterocycles. The Morgan fingerprint density at radius 3 is 2.08 bits per heavy atom. The molecule has 0 radical (unpaired) electrons. The number of hydrogen-bond acceptors (Lipinski definition) is 10. The average molecular weight is 746 g/mol. The molecule has 1 N–H and O–H groups in total. The van der Waals surface area contributed by atoms with Gasteiger partial charge >= 0.3 is 29.5 Å². The van der Waals surface area contributed by atoms with E-state index >= 15 is 0 Å². The molecule has 2 saturated heterocycles. The molecule has 2 aliphatic rings. The van der Waals surface area contributed by atoms with E-state index in [9.17, 15) is 31.1 Å². The second-order valence-electron chi connectivity index (χ2n) is 13.6. The minimum Gasteiger partial charge on any atom is -0.414 e. The Morgan fingerprint density at radius 2 is 1.55 bits per heavy atom. The van der Waals surface area contributed by atoms with Gasteiger partial charge < -0.3 is 32.5 Å². The van der Waals surface area contributed by atoms with Crippen LogP contribution < -0.4 is 5.32 Å². The molecular formula is C29H45F6N5O7Si2. The number of amides is 1. The number of fused-ring (bicyclic) bond motifs is 2. The van der Waals surface area contributed by atoms with Gasteiger partial charge in [0.25, 0.3) is 0 Å². The number of nitrogens with zero attached hydrogens (tertiary/aromatic N) is 4. The maximum absolute atomic E-state index is 13.2. The van der Waals surface area contributed by atoms with E-state index < -0.39 is 79.2 Å². The summed E-state index contributed by atoms with van der Waals surface area (Å²) >= 11 is 0. The van der Waals surface area contributed by atoms with Gasteiger partial charge in [-0.2, -0.15) is 26.3 Å². The highest BCUT2D eigenvalue weighted by molar-refractivity contribution is 6.84. The molecule has 0 saturated carbocycles. The Hall–Kier alpha value is -2.21. The molecule has 0 spiro atoms. The van der Waals surface area contributed by atoms with Gasteiger partial charge in [0.1, 0.15) is 31.4 Å². The van der Waals surface area contributed by atoms with Crippen molar-refractivity contribution in [3.05, 3.63) is 12.7 Å². The number of carbonyl (C=O) groups is 1. The van der Waals surface area contributed by atoms with Crippen LogP contribution in [0.5, 0.6) is 0 Å². The number of hydrogen-bond donors (Lipinski definition) is 1. The SMILES string of the molecule is CC(=O)Nc1ncnc2c1ncn2[C@@H]1O[C@@H]2CO[Si](C(C)C)(C(C)C)O[Si](C(C)C)(C(C)C)OC2C1OCOCC(C(F)(F)F)C(F)(F)F. The summed E-state index contributed by atoms with van der Waals surface area (Å²) < 4.78 is 119. The summed E-state index contributed by atoms with van der Waals surface area (Å²) in [6.45, 7) is 14.8. The Kier molecular flexibility index (Phi) is 12.0. The van der Waals surface area contributed by atoms with Gasteiger partial charge in [0, 0.05) is 6.92 Å². The lowest BCUT2D eigenvalue weighted by Crippen LogP contribution is -2.66. The first kappa shape index (κ1) is 39.6. The molecule has 49 heavy (non-hydrogen) atoms. The van der Waals surface area contributed by atoms with Gasteiger partial charge in [0.15, 0.2) is 29.1 Å². The third-order valence-electron chi connectivity index (χ3n) is 8.96. The van der Waals surface area contributed by atoms with Gasteiger partial charge in [-0.05, 0) is 22.2 Å². The van der Waals surface area contributed by atoms with Crippen LogP contribution in [-0.4, -0.2) is 93.2 Å². The third-order valence-corrected chi connectivity index (χ3v) is 19.2. The van der Waals surface area contributed by atoms with Gasteiger partial charge in [-0.1, -0.05) is 55.4 Å². The van der Waals surface area contributed by atoms with Crippen LogP contribution in [0.3, 0.4) is 0 Å². The maximum Gasteiger partial charge on any atom is 0.402 e. The van der Waals surface area contributed by atoms with Gasteiger partial charge in [0.2, 0.25) is 5.91 Å². The number of rotatable bonds is 11. The normalized spacial score (nSPS) is 24.7. The van der Waals surface area contributed by atoms with Crippen LogP contribution in [0.1, 0.15) is 68.5 Å². The minimum atomic E-state index is -5.58. The Morgan fingerprint density at radius 1 is 0.959 bits per heavy atom. The molecule has 12 nitrogen and oxygen atoms in total. The predicted molar refractivity (Wildman–Crippen MR) is 169 cm³/mol. The largest absolute Gasteiger partial charge is 0.414 e. The highest BCUT2D eigenvalue weighted by atomic mass is 28.5. The van der Waals surface area contributed by atoms with Crippen LogP contribution in [-0.2, 0) is 32.0 Å². The van der Waals surface area contributed by atoms with Crippen LogP contribution in [0, 0.1) is 5.92 Å². The van der Waals surface area contributed by atoms with Crippen molar-refractivity contribution in [2.75, 3.05) is 25.3 Å². The van der Waals surface area contributed by atoms with E-state index in [4.69, 9.17) is 27.2 Å². The molecule has 2 unspecified atom stereocenters. The second-order valence-corrected chi connectivity index (χ2v) is 22.5. The van der Waals surface area contributed by atoms with E-state index in [1.54, 1.807) is 0 Å². The van der Waals surface area contributed by atoms with E-state index in [0.717, 1.165) is 0 Å². The zero-order chi connectivity index (χ0) is 36.7. The zero-order valence-corrected chi connectivity index (χ0v) is 30.9. The van der Waals surface area contributed by atoms with Crippen molar-refractivity contribution in [2.45, 2.75) is 121 Å². The van der Waals surface area contributed by atoms with Crippen LogP contribution in [0.4, 0.5) is 32.2 Å². The number of halogens is 6. The van der Waals surface area contributed by atoms with Crippen LogP contribution in [0.15, 0.2) is 12.7 Å². The molecule has 0 aliphatic carbocycles. The summed E-state index contributed by atoms with van der Waals surface area (Å²) in [5.74, 6) is -3.99. The number of anilines is 1. The topological polar surface area (TPSA) is 128 Å². The van der Waals surface area contributed by atoms with Gasteiger partial charge in [-0.3, -0.25) is 9.36 Å². The molecule has 2 aromatic heterocycles. The van der Waals surface area contributed by atoms with E-state index in [1.807, 2.05) is 55.4 Å². The Labute approximate surface area is 283 Å². The van der Waals surface area contributed by atoms with Crippen molar-refractivity contribution >= 4 is 40.0 Å². The number of ether oxygens (including phenoxy) is 3. The van der Waals surface area contributed by atoms with E-state index in [-0.39, 0.29) is 45.8 Å². The summed E-state index contributed by atoms with van der Waals surface area (Å²) in [7, 11) is -6.28. The fraction of sp³-hybridized carbons (Fsp3) is 0.793. The minimum absolute atomic E-state index is 0.00805. The van der Waals surface area contributed by atoms with Crippen molar-refractivity contribution in [2.24, 2.45) is 5.92 Å². The summed E-state index contributed by atoms with van der Waals surface area (Å²) in [6, 6.07) is 0. The highest BCUT2D eigenvalue weighted by Crippen LogP contribution is 2.49. The van der Waals surface area contributed by atoms with Crippen molar-refractivity contribution in [3.8, 4) is 0 Å². The van der Waals surface area contributed by atoms with Crippen molar-refractivity contribution in [3.63, 3.8) is 0 Å². The predicted octanol–water partition coefficient (Wildman–Crippen LogP) is 6.74. The molecule has 20 heteroatoms. The van der Waals surface area contributed by atoms with Crippen LogP contribution in [0.2, 0.25) is 22.2 Å². The molecular weight excluding hydrogens is 701 g/mol. The molecule has 4 heterocycles. The van der Waals surface area contributed by atoms with E-state index in [0.29, 0.717) is 0 Å². The lowest BCUT2D eigenvalue weighted by atomic mass is 10.1. The quantitative estimate of drug-likeness (QED) is 0.114. The van der Waals surface area contributed by atoms with E-state index in [2.05, 4.69) is 20.3 Å². The average Bonchev–Trinajstić information content (AvgIpc) is 3.52. The number of aromatic nitrogens is 4. The second kappa shape index (κ2) is 14.8. The number of nitrogens with one attached hydrogen (secondary N) is 1. The van der Waals surface area contributed by atoms with Crippen LogP contribution in [0.25, 0.3) is 11.2 Å². The molecule has 2 aromatic rings. The lowest BCUT2D eigenvalue weighted by molar-refractivity contribution is -0.299. The lowest BCUT2D eigenvalue weighted by Gasteiger charge is -2.51. The van der Waals surface area contributed by atoms with Crippen molar-refractivity contribution in [1.82, 2.24) is 19.5 Å². The molecule has 4 atom stereocenters. The molecule has 4 rings (SSSR count). The summed E-state index contributed by atoms with van der Waals surface area (Å²) in [5.41, 5.74) is 0.229. The molecule has 1 amide bonds. The first-order chi connectivity index (χ1) is 22.7. The maximum atomic E-state index is 13.2. The van der Waals surface area contributed by atoms with Crippen molar-refractivity contribution in [1.29, 1.82) is 0 Å². The third kappa shape index (κ3) is 8.00. The first-order valence-electron chi connectivity index (χ1n) is 16.1. The smallest absolute Gasteiger partial charge is 0.402 e. The number of alkyl halides is 6. The fourth-order valence-corrected chi connectivity index (χ4v) is 17.7. The molecule has 0 bridgehead atoms. The zero-order valence-electron chi connectivity index (χ0n) is 28.9. The highest BCUT2D eigenvalue weighted by Gasteiger charge is 2.62. The molecule has 278 valence electrons.